The van der Waals surface area contributed by atoms with Gasteiger partial charge in [-0.25, -0.2) is 0 Å². The van der Waals surface area contributed by atoms with Crippen LogP contribution in [0.1, 0.15) is 82.9 Å². The fourth-order valence-electron chi connectivity index (χ4n) is 10.8. The van der Waals surface area contributed by atoms with Crippen molar-refractivity contribution in [2.75, 3.05) is 0 Å². The van der Waals surface area contributed by atoms with Crippen molar-refractivity contribution in [2.45, 2.75) is 43.7 Å². The van der Waals surface area contributed by atoms with Crippen LogP contribution in [-0.2, 0) is 10.8 Å². The largest absolute Gasteiger partial charge is 0.457 e. The Hall–Kier alpha value is -6.97. The Morgan fingerprint density at radius 3 is 2.08 bits per heavy atom. The van der Waals surface area contributed by atoms with E-state index in [0.717, 1.165) is 63.6 Å². The van der Waals surface area contributed by atoms with E-state index in [0.29, 0.717) is 0 Å². The minimum atomic E-state index is -0.489. The minimum Gasteiger partial charge on any atom is -0.457 e. The predicted octanol–water partition coefficient (Wildman–Crippen LogP) is 13.3. The number of rotatable bonds is 4. The summed E-state index contributed by atoms with van der Waals surface area (Å²) >= 11 is 0. The summed E-state index contributed by atoms with van der Waals surface area (Å²) in [4.78, 5) is 5.48. The zero-order valence-electron chi connectivity index (χ0n) is 33.2. The van der Waals surface area contributed by atoms with Gasteiger partial charge < -0.3 is 10.1 Å². The van der Waals surface area contributed by atoms with E-state index < -0.39 is 5.41 Å². The standard InChI is InChI=1S/C56H42N2O/c1-55(2)44-23-11-8-19-39(44)42-30-28-37(33-48(42)55)51-34-50(35-16-4-3-5-17-35)57-54(58-51)43-22-7-6-18-38(43)36-29-31-53-49(32-36)56(47-26-14-15-27-52(47)59-53)45-24-12-9-20-40(45)41-21-10-13-25-46(41)56/h3-9,11-20,22-34,54,58H,10,21H2,1-2H3. The number of ether oxygens (including phenoxy) is 1. The van der Waals surface area contributed by atoms with Gasteiger partial charge in [0, 0.05) is 27.8 Å². The second-order valence-corrected chi connectivity index (χ2v) is 16.9. The lowest BCUT2D eigenvalue weighted by Gasteiger charge is -2.40. The molecule has 0 amide bonds. The Bertz CT molecular complexity index is 3030. The molecule has 3 aliphatic carbocycles. The van der Waals surface area contributed by atoms with Gasteiger partial charge >= 0.3 is 0 Å². The highest BCUT2D eigenvalue weighted by Crippen LogP contribution is 2.63. The zero-order valence-corrected chi connectivity index (χ0v) is 33.2. The summed E-state index contributed by atoms with van der Waals surface area (Å²) in [6.07, 6.45) is 8.73. The number of nitrogens with one attached hydrogen (secondary N) is 1. The molecule has 3 heteroatoms. The summed E-state index contributed by atoms with van der Waals surface area (Å²) < 4.78 is 6.80. The predicted molar refractivity (Wildman–Crippen MR) is 241 cm³/mol. The van der Waals surface area contributed by atoms with Crippen LogP contribution in [-0.4, -0.2) is 5.71 Å². The van der Waals surface area contributed by atoms with Crippen molar-refractivity contribution < 1.29 is 4.74 Å². The molecule has 2 heterocycles. The molecule has 7 aromatic carbocycles. The van der Waals surface area contributed by atoms with E-state index in [4.69, 9.17) is 9.73 Å². The van der Waals surface area contributed by atoms with Crippen molar-refractivity contribution in [3.63, 3.8) is 0 Å². The number of nitrogens with zero attached hydrogens (tertiary/aromatic N) is 1. The number of benzene rings is 7. The number of allylic oxidation sites excluding steroid dienone is 5. The first-order valence-electron chi connectivity index (χ1n) is 20.9. The molecule has 0 aromatic heterocycles. The third-order valence-electron chi connectivity index (χ3n) is 13.5. The minimum absolute atomic E-state index is 0.0996. The summed E-state index contributed by atoms with van der Waals surface area (Å²) in [5.41, 5.74) is 20.4. The molecular formula is C56H42N2O. The topological polar surface area (TPSA) is 33.6 Å². The summed E-state index contributed by atoms with van der Waals surface area (Å²) in [6.45, 7) is 4.69. The Balaban J connectivity index is 1.01. The number of aliphatic imine (C=N–C) groups is 1. The maximum Gasteiger partial charge on any atom is 0.146 e. The van der Waals surface area contributed by atoms with E-state index in [1.807, 2.05) is 0 Å². The highest BCUT2D eigenvalue weighted by atomic mass is 16.5. The average Bonchev–Trinajstić information content (AvgIpc) is 3.72. The third-order valence-corrected chi connectivity index (χ3v) is 13.5. The molecule has 59 heavy (non-hydrogen) atoms. The second kappa shape index (κ2) is 12.8. The van der Waals surface area contributed by atoms with Crippen molar-refractivity contribution in [3.05, 3.63) is 238 Å². The molecule has 0 fully saturated rings. The molecule has 2 unspecified atom stereocenters. The summed E-state index contributed by atoms with van der Waals surface area (Å²) in [7, 11) is 0. The van der Waals surface area contributed by atoms with Gasteiger partial charge in [0.2, 0.25) is 0 Å². The molecule has 282 valence electrons. The SMILES string of the molecule is CC1(C)c2ccccc2-c2ccc(C3=CC(c4ccccc4)=NC(c4ccccc4-c4ccc5c(c4)C4(C6=C(CCC=C6)c6ccccc64)c4ccccc4O5)N3)cc21. The van der Waals surface area contributed by atoms with E-state index >= 15 is 0 Å². The van der Waals surface area contributed by atoms with Gasteiger partial charge in [-0.05, 0) is 110 Å². The Labute approximate surface area is 345 Å². The lowest BCUT2D eigenvalue weighted by molar-refractivity contribution is 0.435. The van der Waals surface area contributed by atoms with E-state index in [1.165, 1.54) is 55.7 Å². The van der Waals surface area contributed by atoms with E-state index in [-0.39, 0.29) is 11.6 Å². The van der Waals surface area contributed by atoms with Crippen molar-refractivity contribution in [2.24, 2.45) is 4.99 Å². The molecule has 0 saturated carbocycles. The number of para-hydroxylation sites is 1. The maximum atomic E-state index is 6.80. The first-order valence-corrected chi connectivity index (χ1v) is 20.9. The smallest absolute Gasteiger partial charge is 0.146 e. The first-order chi connectivity index (χ1) is 29.0. The van der Waals surface area contributed by atoms with E-state index in [1.54, 1.807) is 0 Å². The van der Waals surface area contributed by atoms with Crippen LogP contribution in [0, 0.1) is 0 Å². The Morgan fingerprint density at radius 1 is 0.559 bits per heavy atom. The van der Waals surface area contributed by atoms with E-state index in [2.05, 4.69) is 201 Å². The fraction of sp³-hybridized carbons (Fsp3) is 0.125. The molecule has 2 atom stereocenters. The van der Waals surface area contributed by atoms with Gasteiger partial charge in [0.15, 0.2) is 0 Å². The number of hydrogen-bond donors (Lipinski definition) is 1. The molecule has 12 rings (SSSR count). The maximum absolute atomic E-state index is 6.80. The van der Waals surface area contributed by atoms with Crippen molar-refractivity contribution in [3.8, 4) is 33.8 Å². The molecule has 0 bridgehead atoms. The van der Waals surface area contributed by atoms with Gasteiger partial charge in [0.25, 0.3) is 0 Å². The van der Waals surface area contributed by atoms with Crippen molar-refractivity contribution >= 4 is 17.0 Å². The average molecular weight is 759 g/mol. The Morgan fingerprint density at radius 2 is 1.22 bits per heavy atom. The van der Waals surface area contributed by atoms with Crippen LogP contribution in [0.3, 0.4) is 0 Å². The van der Waals surface area contributed by atoms with Gasteiger partial charge in [-0.3, -0.25) is 4.99 Å². The monoisotopic (exact) mass is 758 g/mol. The van der Waals surface area contributed by atoms with Gasteiger partial charge in [-0.1, -0.05) is 166 Å². The molecule has 0 radical (unpaired) electrons. The van der Waals surface area contributed by atoms with Crippen molar-refractivity contribution in [1.29, 1.82) is 0 Å². The highest BCUT2D eigenvalue weighted by molar-refractivity contribution is 6.13. The van der Waals surface area contributed by atoms with Crippen LogP contribution in [0.15, 0.2) is 193 Å². The number of fused-ring (bicyclic) bond motifs is 11. The van der Waals surface area contributed by atoms with Crippen LogP contribution in [0.25, 0.3) is 33.5 Å². The first kappa shape index (κ1) is 34.1. The molecular weight excluding hydrogens is 717 g/mol. The summed E-state index contributed by atoms with van der Waals surface area (Å²) in [6, 6.07) is 59.7. The molecule has 0 saturated heterocycles. The molecule has 1 spiro atoms. The lowest BCUT2D eigenvalue weighted by atomic mass is 9.64. The van der Waals surface area contributed by atoms with E-state index in [9.17, 15) is 0 Å². The molecule has 3 nitrogen and oxygen atoms in total. The number of hydrogen-bond acceptors (Lipinski definition) is 3. The van der Waals surface area contributed by atoms with Gasteiger partial charge in [0.1, 0.15) is 17.7 Å². The Kier molecular flexibility index (Phi) is 7.38. The third kappa shape index (κ3) is 4.91. The normalized spacial score (nSPS) is 19.9. The molecule has 1 N–H and O–H groups in total. The van der Waals surface area contributed by atoms with Gasteiger partial charge in [-0.2, -0.15) is 0 Å². The van der Waals surface area contributed by atoms with Gasteiger partial charge in [-0.15, -0.1) is 0 Å². The summed E-state index contributed by atoms with van der Waals surface area (Å²) in [5.74, 6) is 1.82. The molecule has 5 aliphatic rings. The highest BCUT2D eigenvalue weighted by Gasteiger charge is 2.52. The quantitative estimate of drug-likeness (QED) is 0.194. The molecule has 2 aliphatic heterocycles. The van der Waals surface area contributed by atoms with Crippen LogP contribution >= 0.6 is 0 Å². The molecule has 7 aromatic rings. The zero-order chi connectivity index (χ0) is 39.3. The lowest BCUT2D eigenvalue weighted by Crippen LogP contribution is -2.33. The van der Waals surface area contributed by atoms with Crippen LogP contribution < -0.4 is 10.1 Å². The van der Waals surface area contributed by atoms with Crippen LogP contribution in [0.2, 0.25) is 0 Å². The van der Waals surface area contributed by atoms with Gasteiger partial charge in [0.05, 0.1) is 11.1 Å². The van der Waals surface area contributed by atoms with Crippen LogP contribution in [0.4, 0.5) is 0 Å². The second-order valence-electron chi connectivity index (χ2n) is 16.9. The van der Waals surface area contributed by atoms with Crippen LogP contribution in [0.5, 0.6) is 11.5 Å². The fourth-order valence-corrected chi connectivity index (χ4v) is 10.8. The summed E-state index contributed by atoms with van der Waals surface area (Å²) in [5, 5.41) is 3.94. The van der Waals surface area contributed by atoms with Crippen molar-refractivity contribution in [1.82, 2.24) is 5.32 Å².